The predicted molar refractivity (Wildman–Crippen MR) is 103 cm³/mol. The third-order valence-electron chi connectivity index (χ3n) is 4.20. The highest BCUT2D eigenvalue weighted by Crippen LogP contribution is 2.15. The van der Waals surface area contributed by atoms with Crippen molar-refractivity contribution in [2.45, 2.75) is 19.8 Å². The number of amides is 1. The van der Waals surface area contributed by atoms with E-state index < -0.39 is 48.6 Å². The Morgan fingerprint density at radius 1 is 0.931 bits per heavy atom. The summed E-state index contributed by atoms with van der Waals surface area (Å²) in [6, 6.07) is 4.35. The smallest absolute Gasteiger partial charge is 0.423 e. The Labute approximate surface area is 166 Å². The van der Waals surface area contributed by atoms with Gasteiger partial charge >= 0.3 is 14.2 Å². The molecular weight excluding hydrogens is 386 g/mol. The predicted octanol–water partition coefficient (Wildman–Crippen LogP) is -0.915. The zero-order valence-corrected chi connectivity index (χ0v) is 15.5. The Bertz CT molecular complexity index is 923. The van der Waals surface area contributed by atoms with Crippen LogP contribution >= 0.6 is 0 Å². The fourth-order valence-electron chi connectivity index (χ4n) is 2.64. The van der Waals surface area contributed by atoms with Crippen LogP contribution in [-0.4, -0.2) is 52.6 Å². The molecule has 0 aliphatic heterocycles. The molecule has 0 heterocycles. The SMILES string of the molecule is CCCCNC(=O)c1cc(B(O)O)cc(C(=O)c2cc(B(O)O)c(F)cc2F)c1. The number of unbranched alkanes of at least 4 members (excludes halogenated alkanes) is 1. The molecule has 0 fully saturated rings. The fraction of sp³-hybridized carbons (Fsp3) is 0.222. The lowest BCUT2D eigenvalue weighted by atomic mass is 9.76. The van der Waals surface area contributed by atoms with Crippen molar-refractivity contribution in [2.24, 2.45) is 0 Å². The van der Waals surface area contributed by atoms with E-state index in [9.17, 15) is 38.5 Å². The molecule has 11 heteroatoms. The number of benzene rings is 2. The van der Waals surface area contributed by atoms with Gasteiger partial charge in [-0.1, -0.05) is 19.4 Å². The van der Waals surface area contributed by atoms with E-state index in [1.807, 2.05) is 6.92 Å². The Morgan fingerprint density at radius 3 is 2.17 bits per heavy atom. The van der Waals surface area contributed by atoms with Gasteiger partial charge in [0, 0.05) is 29.2 Å². The summed E-state index contributed by atoms with van der Waals surface area (Å²) in [4.78, 5) is 25.0. The number of nitrogens with one attached hydrogen (secondary N) is 1. The Balaban J connectivity index is 2.49. The van der Waals surface area contributed by atoms with Gasteiger partial charge in [-0.05, 0) is 30.1 Å². The number of halogens is 2. The molecule has 1 amide bonds. The van der Waals surface area contributed by atoms with Gasteiger partial charge in [0.05, 0.1) is 5.56 Å². The summed E-state index contributed by atoms with van der Waals surface area (Å²) in [6.45, 7) is 2.30. The molecule has 0 saturated heterocycles. The van der Waals surface area contributed by atoms with E-state index in [1.165, 1.54) is 6.07 Å². The quantitative estimate of drug-likeness (QED) is 0.220. The second-order valence-electron chi connectivity index (χ2n) is 6.38. The van der Waals surface area contributed by atoms with E-state index in [0.29, 0.717) is 25.1 Å². The van der Waals surface area contributed by atoms with Crippen molar-refractivity contribution in [3.8, 4) is 0 Å². The number of hydrogen-bond donors (Lipinski definition) is 5. The molecule has 5 N–H and O–H groups in total. The van der Waals surface area contributed by atoms with Crippen molar-refractivity contribution in [1.82, 2.24) is 5.32 Å². The summed E-state index contributed by atoms with van der Waals surface area (Å²) < 4.78 is 27.8. The first-order valence-corrected chi connectivity index (χ1v) is 8.84. The van der Waals surface area contributed by atoms with Crippen LogP contribution in [0.3, 0.4) is 0 Å². The van der Waals surface area contributed by atoms with Crippen LogP contribution in [0.25, 0.3) is 0 Å². The minimum absolute atomic E-state index is 0.0556. The minimum atomic E-state index is -2.27. The number of hydrogen-bond acceptors (Lipinski definition) is 6. The third kappa shape index (κ3) is 5.48. The van der Waals surface area contributed by atoms with Crippen LogP contribution in [0, 0.1) is 11.6 Å². The maximum atomic E-state index is 14.2. The molecule has 29 heavy (non-hydrogen) atoms. The van der Waals surface area contributed by atoms with E-state index in [0.717, 1.165) is 18.6 Å². The number of ketones is 1. The molecule has 2 aromatic carbocycles. The second kappa shape index (κ2) is 9.75. The van der Waals surface area contributed by atoms with Crippen molar-refractivity contribution in [3.05, 3.63) is 58.7 Å². The van der Waals surface area contributed by atoms with Crippen LogP contribution < -0.4 is 16.2 Å². The van der Waals surface area contributed by atoms with Gasteiger partial charge in [0.15, 0.2) is 5.78 Å². The van der Waals surface area contributed by atoms with Crippen LogP contribution in [0.5, 0.6) is 0 Å². The van der Waals surface area contributed by atoms with Gasteiger partial charge in [-0.2, -0.15) is 0 Å². The molecule has 0 saturated carbocycles. The molecule has 2 aromatic rings. The molecule has 0 atom stereocenters. The molecular formula is C18H19B2F2NO6. The molecule has 0 radical (unpaired) electrons. The van der Waals surface area contributed by atoms with Crippen LogP contribution in [0.15, 0.2) is 30.3 Å². The van der Waals surface area contributed by atoms with Crippen molar-refractivity contribution in [3.63, 3.8) is 0 Å². The van der Waals surface area contributed by atoms with Crippen LogP contribution in [0.2, 0.25) is 0 Å². The van der Waals surface area contributed by atoms with Crippen molar-refractivity contribution in [1.29, 1.82) is 0 Å². The largest absolute Gasteiger partial charge is 0.491 e. The summed E-state index contributed by atoms with van der Waals surface area (Å²) in [5.41, 5.74) is -1.87. The second-order valence-corrected chi connectivity index (χ2v) is 6.38. The minimum Gasteiger partial charge on any atom is -0.423 e. The highest BCUT2D eigenvalue weighted by atomic mass is 19.1. The average molecular weight is 405 g/mol. The molecule has 0 aromatic heterocycles. The summed E-state index contributed by atoms with van der Waals surface area (Å²) in [5.74, 6) is -4.07. The van der Waals surface area contributed by atoms with E-state index in [2.05, 4.69) is 5.32 Å². The number of rotatable bonds is 8. The first-order valence-electron chi connectivity index (χ1n) is 8.84. The molecule has 0 unspecified atom stereocenters. The third-order valence-corrected chi connectivity index (χ3v) is 4.20. The zero-order chi connectivity index (χ0) is 21.7. The molecule has 7 nitrogen and oxygen atoms in total. The summed E-state index contributed by atoms with van der Waals surface area (Å²) in [5, 5.41) is 39.9. The highest BCUT2D eigenvalue weighted by molar-refractivity contribution is 6.59. The van der Waals surface area contributed by atoms with Crippen molar-refractivity contribution >= 4 is 36.9 Å². The van der Waals surface area contributed by atoms with Gasteiger partial charge in [0.25, 0.3) is 5.91 Å². The fourth-order valence-corrected chi connectivity index (χ4v) is 2.64. The molecule has 0 aliphatic carbocycles. The Morgan fingerprint density at radius 2 is 1.59 bits per heavy atom. The van der Waals surface area contributed by atoms with E-state index >= 15 is 0 Å². The maximum Gasteiger partial charge on any atom is 0.491 e. The Kier molecular flexibility index (Phi) is 7.63. The normalized spacial score (nSPS) is 10.6. The van der Waals surface area contributed by atoms with Gasteiger partial charge in [-0.15, -0.1) is 0 Å². The van der Waals surface area contributed by atoms with Crippen molar-refractivity contribution in [2.75, 3.05) is 6.54 Å². The maximum absolute atomic E-state index is 14.2. The molecule has 0 spiro atoms. The van der Waals surface area contributed by atoms with Gasteiger partial charge in [0.1, 0.15) is 11.6 Å². The summed E-state index contributed by atoms with van der Waals surface area (Å²) >= 11 is 0. The molecule has 0 bridgehead atoms. The lowest BCUT2D eigenvalue weighted by molar-refractivity contribution is 0.0953. The summed E-state index contributed by atoms with van der Waals surface area (Å²) in [7, 11) is -4.27. The van der Waals surface area contributed by atoms with E-state index in [-0.39, 0.29) is 16.6 Å². The molecule has 0 aliphatic rings. The topological polar surface area (TPSA) is 127 Å². The van der Waals surface area contributed by atoms with Gasteiger partial charge in [-0.3, -0.25) is 9.59 Å². The molecule has 152 valence electrons. The first-order chi connectivity index (χ1) is 13.6. The van der Waals surface area contributed by atoms with Gasteiger partial charge < -0.3 is 25.4 Å². The lowest BCUT2D eigenvalue weighted by Crippen LogP contribution is -2.34. The number of carbonyl (C=O) groups excluding carboxylic acids is 2. The first kappa shape index (κ1) is 22.7. The van der Waals surface area contributed by atoms with Gasteiger partial charge in [0.2, 0.25) is 0 Å². The van der Waals surface area contributed by atoms with Gasteiger partial charge in [-0.25, -0.2) is 8.78 Å². The van der Waals surface area contributed by atoms with Crippen LogP contribution in [0.4, 0.5) is 8.78 Å². The van der Waals surface area contributed by atoms with E-state index in [4.69, 9.17) is 0 Å². The monoisotopic (exact) mass is 405 g/mol. The average Bonchev–Trinajstić information content (AvgIpc) is 2.67. The van der Waals surface area contributed by atoms with Crippen molar-refractivity contribution < 1.29 is 38.5 Å². The van der Waals surface area contributed by atoms with Crippen LogP contribution in [0.1, 0.15) is 46.0 Å². The number of carbonyl (C=O) groups is 2. The van der Waals surface area contributed by atoms with Crippen LogP contribution in [-0.2, 0) is 0 Å². The zero-order valence-electron chi connectivity index (χ0n) is 15.5. The Hall–Kier alpha value is -2.59. The molecule has 2 rings (SSSR count). The van der Waals surface area contributed by atoms with E-state index in [1.54, 1.807) is 0 Å². The highest BCUT2D eigenvalue weighted by Gasteiger charge is 2.25. The lowest BCUT2D eigenvalue weighted by Gasteiger charge is -2.11. The summed E-state index contributed by atoms with van der Waals surface area (Å²) in [6.07, 6.45) is 1.55. The standard InChI is InChI=1S/C18H19B2F2NO6/c1-2-3-4-23-18(25)11-5-10(6-12(7-11)19(26)27)17(24)13-8-14(20(28)29)16(22)9-15(13)21/h5-9,26-29H,2-4H2,1H3,(H,23,25).